The normalized spacial score (nSPS) is 11.2. The number of nitrogens with zero attached hydrogens (tertiary/aromatic N) is 1. The fourth-order valence-corrected chi connectivity index (χ4v) is 2.07. The zero-order valence-electron chi connectivity index (χ0n) is 6.18. The molecule has 0 aromatic heterocycles. The second-order valence-corrected chi connectivity index (χ2v) is 7.02. The van der Waals surface area contributed by atoms with Crippen molar-refractivity contribution in [3.8, 4) is 0 Å². The maximum atomic E-state index is 11.0. The highest BCUT2D eigenvalue weighted by molar-refractivity contribution is 14.2. The molecule has 0 heterocycles. The molecule has 0 fully saturated rings. The first-order valence-corrected chi connectivity index (χ1v) is 7.13. The van der Waals surface area contributed by atoms with Crippen LogP contribution in [0.1, 0.15) is 0 Å². The van der Waals surface area contributed by atoms with Crippen molar-refractivity contribution in [2.24, 2.45) is 0 Å². The highest BCUT2D eigenvalue weighted by Crippen LogP contribution is 2.21. The molecule has 1 aromatic rings. The molecule has 0 aliphatic carbocycles. The molecule has 0 saturated heterocycles. The molecule has 0 spiro atoms. The van der Waals surface area contributed by atoms with E-state index in [0.717, 1.165) is 6.07 Å². The average Bonchev–Trinajstić information content (AvgIpc) is 2.03. The van der Waals surface area contributed by atoms with Crippen molar-refractivity contribution in [3.05, 3.63) is 34.4 Å². The minimum atomic E-state index is -3.39. The molecule has 0 saturated carbocycles. The fourth-order valence-electron chi connectivity index (χ4n) is 0.749. The van der Waals surface area contributed by atoms with Crippen molar-refractivity contribution in [3.63, 3.8) is 0 Å². The summed E-state index contributed by atoms with van der Waals surface area (Å²) in [4.78, 5) is 9.60. The Kier molecular flexibility index (Phi) is 2.86. The van der Waals surface area contributed by atoms with Crippen molar-refractivity contribution < 1.29 is 13.3 Å². The van der Waals surface area contributed by atoms with Crippen molar-refractivity contribution in [1.82, 2.24) is 0 Å². The largest absolute Gasteiger partial charge is 0.270 e. The van der Waals surface area contributed by atoms with Crippen LogP contribution in [-0.2, 0) is 7.01 Å². The topological polar surface area (TPSA) is 77.3 Å². The highest BCUT2D eigenvalue weighted by atomic mass is 127. The minimum Gasteiger partial charge on any atom is -0.258 e. The van der Waals surface area contributed by atoms with Crippen molar-refractivity contribution in [2.75, 3.05) is 0 Å². The van der Waals surface area contributed by atoms with Gasteiger partial charge in [-0.2, -0.15) is 0 Å². The molecule has 70 valence electrons. The molecule has 5 nitrogen and oxygen atoms in total. The van der Waals surface area contributed by atoms with Gasteiger partial charge in [0.25, 0.3) is 5.69 Å². The van der Waals surface area contributed by atoms with Gasteiger partial charge in [-0.05, 0) is 6.07 Å². The van der Waals surface area contributed by atoms with E-state index < -0.39 is 11.9 Å². The number of rotatable bonds is 2. The average molecular weight is 313 g/mol. The van der Waals surface area contributed by atoms with Crippen LogP contribution in [0.3, 0.4) is 0 Å². The predicted molar refractivity (Wildman–Crippen MR) is 54.3 cm³/mol. The van der Waals surface area contributed by atoms with Crippen LogP contribution in [0.15, 0.2) is 29.2 Å². The molecule has 7 heteroatoms. The summed E-state index contributed by atoms with van der Waals surface area (Å²) in [5, 5.41) is 10.3. The lowest BCUT2D eigenvalue weighted by Crippen LogP contribution is -1.92. The van der Waals surface area contributed by atoms with E-state index in [2.05, 4.69) is 0 Å². The Hall–Kier alpha value is -0.700. The predicted octanol–water partition coefficient (Wildman–Crippen LogP) is 1.72. The first kappa shape index (κ1) is 10.4. The molecule has 0 aliphatic heterocycles. The van der Waals surface area contributed by atoms with Gasteiger partial charge in [0.2, 0.25) is 7.01 Å². The summed E-state index contributed by atoms with van der Waals surface area (Å²) >= 11 is 1.23. The van der Waals surface area contributed by atoms with Crippen LogP contribution in [0.5, 0.6) is 0 Å². The number of nitro benzene ring substituents is 1. The molecule has 0 bridgehead atoms. The van der Waals surface area contributed by atoms with Crippen molar-refractivity contribution in [1.29, 1.82) is 0 Å². The van der Waals surface area contributed by atoms with Crippen LogP contribution in [0.25, 0.3) is 0 Å². The molecular weight excluding hydrogens is 309 g/mol. The standard InChI is InChI=1S/C6H4INO4S/c7-13(11,12)6-3-1-2-5(4-6)8(9)10/h1-4H. The molecule has 0 amide bonds. The van der Waals surface area contributed by atoms with Crippen LogP contribution in [-0.4, -0.2) is 13.3 Å². The molecule has 0 atom stereocenters. The van der Waals surface area contributed by atoms with Crippen LogP contribution in [0, 0.1) is 10.1 Å². The Bertz CT molecular complexity index is 442. The summed E-state index contributed by atoms with van der Waals surface area (Å²) < 4.78 is 21.9. The molecule has 0 aliphatic rings. The first-order chi connectivity index (χ1) is 5.91. The zero-order chi connectivity index (χ0) is 10.1. The number of halogens is 1. The van der Waals surface area contributed by atoms with Gasteiger partial charge in [0.05, 0.1) is 31.0 Å². The summed E-state index contributed by atoms with van der Waals surface area (Å²) in [6.45, 7) is 0. The van der Waals surface area contributed by atoms with E-state index in [4.69, 9.17) is 0 Å². The Morgan fingerprint density at radius 2 is 2.00 bits per heavy atom. The third kappa shape index (κ3) is 2.62. The van der Waals surface area contributed by atoms with Gasteiger partial charge < -0.3 is 0 Å². The zero-order valence-corrected chi connectivity index (χ0v) is 9.15. The van der Waals surface area contributed by atoms with Gasteiger partial charge in [0, 0.05) is 12.1 Å². The van der Waals surface area contributed by atoms with Crippen molar-refractivity contribution >= 4 is 33.9 Å². The number of non-ortho nitro benzene ring substituents is 1. The number of hydrogen-bond acceptors (Lipinski definition) is 4. The summed E-state index contributed by atoms with van der Waals surface area (Å²) in [6.07, 6.45) is 0. The Labute approximate surface area is 86.4 Å². The quantitative estimate of drug-likeness (QED) is 0.360. The Morgan fingerprint density at radius 3 is 2.46 bits per heavy atom. The van der Waals surface area contributed by atoms with Gasteiger partial charge in [-0.3, -0.25) is 10.1 Å². The maximum absolute atomic E-state index is 11.0. The van der Waals surface area contributed by atoms with E-state index in [-0.39, 0.29) is 10.6 Å². The Morgan fingerprint density at radius 1 is 1.38 bits per heavy atom. The van der Waals surface area contributed by atoms with E-state index in [0.29, 0.717) is 0 Å². The lowest BCUT2D eigenvalue weighted by atomic mass is 10.3. The molecular formula is C6H4INO4S. The second kappa shape index (κ2) is 3.58. The van der Waals surface area contributed by atoms with Crippen LogP contribution >= 0.6 is 21.2 Å². The summed E-state index contributed by atoms with van der Waals surface area (Å²) in [6, 6.07) is 4.92. The highest BCUT2D eigenvalue weighted by Gasteiger charge is 2.13. The number of nitro groups is 1. The van der Waals surface area contributed by atoms with E-state index >= 15 is 0 Å². The third-order valence-electron chi connectivity index (χ3n) is 1.31. The lowest BCUT2D eigenvalue weighted by Gasteiger charge is -1.95. The summed E-state index contributed by atoms with van der Waals surface area (Å²) in [5.41, 5.74) is -0.224. The van der Waals surface area contributed by atoms with Gasteiger partial charge in [-0.15, -0.1) is 0 Å². The summed E-state index contributed by atoms with van der Waals surface area (Å²) in [5.74, 6) is 0. The third-order valence-corrected chi connectivity index (χ3v) is 3.65. The fraction of sp³-hybridized carbons (Fsp3) is 0. The summed E-state index contributed by atoms with van der Waals surface area (Å²) in [7, 11) is -3.39. The smallest absolute Gasteiger partial charge is 0.258 e. The SMILES string of the molecule is O=[N+]([O-])c1cccc(S(=O)(=O)I)c1. The van der Waals surface area contributed by atoms with Crippen LogP contribution < -0.4 is 0 Å². The van der Waals surface area contributed by atoms with E-state index in [1.807, 2.05) is 0 Å². The molecule has 13 heavy (non-hydrogen) atoms. The molecule has 1 rings (SSSR count). The van der Waals surface area contributed by atoms with Crippen LogP contribution in [0.4, 0.5) is 5.69 Å². The van der Waals surface area contributed by atoms with Crippen molar-refractivity contribution in [2.45, 2.75) is 4.90 Å². The van der Waals surface area contributed by atoms with E-state index in [1.54, 1.807) is 0 Å². The first-order valence-electron chi connectivity index (χ1n) is 3.10. The van der Waals surface area contributed by atoms with Gasteiger partial charge >= 0.3 is 0 Å². The van der Waals surface area contributed by atoms with Gasteiger partial charge in [-0.1, -0.05) is 6.07 Å². The van der Waals surface area contributed by atoms with Gasteiger partial charge in [0.15, 0.2) is 0 Å². The van der Waals surface area contributed by atoms with Gasteiger partial charge in [0.1, 0.15) is 0 Å². The van der Waals surface area contributed by atoms with E-state index in [9.17, 15) is 18.5 Å². The monoisotopic (exact) mass is 313 g/mol. The number of hydrogen-bond donors (Lipinski definition) is 0. The second-order valence-electron chi connectivity index (χ2n) is 2.19. The molecule has 0 N–H and O–H groups in total. The molecule has 1 aromatic carbocycles. The lowest BCUT2D eigenvalue weighted by molar-refractivity contribution is -0.385. The minimum absolute atomic E-state index is 0.0534. The Balaban J connectivity index is 3.29. The molecule has 0 radical (unpaired) electrons. The van der Waals surface area contributed by atoms with Crippen LogP contribution in [0.2, 0.25) is 0 Å². The molecule has 0 unspecified atom stereocenters. The van der Waals surface area contributed by atoms with Gasteiger partial charge in [-0.25, -0.2) is 8.42 Å². The number of benzene rings is 1. The maximum Gasteiger partial charge on any atom is 0.270 e. The van der Waals surface area contributed by atoms with E-state index in [1.165, 1.54) is 39.4 Å².